The zero-order chi connectivity index (χ0) is 12.2. The molecule has 1 nitrogen and oxygen atoms in total. The van der Waals surface area contributed by atoms with Gasteiger partial charge >= 0.3 is 0 Å². The lowest BCUT2D eigenvalue weighted by atomic mass is 10.6. The van der Waals surface area contributed by atoms with Gasteiger partial charge in [0.15, 0.2) is 0 Å². The highest BCUT2D eigenvalue weighted by molar-refractivity contribution is 5.71. The molecule has 0 aliphatic heterocycles. The predicted molar refractivity (Wildman–Crippen MR) is 70.7 cm³/mol. The summed E-state index contributed by atoms with van der Waals surface area (Å²) in [6.07, 6.45) is 11.5. The van der Waals surface area contributed by atoms with E-state index in [1.165, 1.54) is 6.20 Å². The highest BCUT2D eigenvalue weighted by Gasteiger charge is 1.52. The van der Waals surface area contributed by atoms with Gasteiger partial charge in [-0.05, 0) is 19.9 Å². The Morgan fingerprint density at radius 1 is 1.21 bits per heavy atom. The van der Waals surface area contributed by atoms with E-state index in [4.69, 9.17) is 0 Å². The van der Waals surface area contributed by atoms with Crippen LogP contribution in [0.2, 0.25) is 0 Å². The van der Waals surface area contributed by atoms with Crippen LogP contribution >= 0.6 is 0 Å². The standard InChI is InChI=1S/C6H9N.C3H4.2C2H6/c1-3-5-6-7-4-2;1-3-2;2*1-2/h3-6H,2H2,1H3;1H,2H3;2*1-2H3/b5-3-,7-6?;;;. The molecule has 0 unspecified atom stereocenters. The second kappa shape index (κ2) is 60.5. The lowest BCUT2D eigenvalue weighted by Gasteiger charge is -1.66. The Hall–Kier alpha value is -1.29. The van der Waals surface area contributed by atoms with Gasteiger partial charge in [-0.25, -0.2) is 0 Å². The highest BCUT2D eigenvalue weighted by atomic mass is 14.6. The first kappa shape index (κ1) is 23.0. The molecule has 14 heavy (non-hydrogen) atoms. The van der Waals surface area contributed by atoms with E-state index in [9.17, 15) is 0 Å². The van der Waals surface area contributed by atoms with Crippen molar-refractivity contribution in [1.29, 1.82) is 0 Å². The van der Waals surface area contributed by atoms with Gasteiger partial charge in [0.2, 0.25) is 0 Å². The predicted octanol–water partition coefficient (Wildman–Crippen LogP) is 4.47. The topological polar surface area (TPSA) is 12.4 Å². The highest BCUT2D eigenvalue weighted by Crippen LogP contribution is 1.66. The molecule has 0 rings (SSSR count). The quantitative estimate of drug-likeness (QED) is 0.455. The summed E-state index contributed by atoms with van der Waals surface area (Å²) in [4.78, 5) is 3.71. The van der Waals surface area contributed by atoms with E-state index in [0.29, 0.717) is 0 Å². The van der Waals surface area contributed by atoms with E-state index >= 15 is 0 Å². The Morgan fingerprint density at radius 2 is 1.57 bits per heavy atom. The van der Waals surface area contributed by atoms with Gasteiger partial charge in [-0.1, -0.05) is 40.3 Å². The smallest absolute Gasteiger partial charge is 0.0264 e. The second-order valence-electron chi connectivity index (χ2n) is 1.30. The minimum atomic E-state index is 1.50. The van der Waals surface area contributed by atoms with Crippen molar-refractivity contribution in [2.45, 2.75) is 41.5 Å². The zero-order valence-electron chi connectivity index (χ0n) is 10.5. The molecule has 0 aromatic heterocycles. The SMILES string of the molecule is C#CC.C=CN=C/C=C\C.CC.CC. The number of allylic oxidation sites excluding steroid dienone is 2. The maximum Gasteiger partial charge on any atom is 0.0264 e. The van der Waals surface area contributed by atoms with Crippen molar-refractivity contribution >= 4 is 6.21 Å². The summed E-state index contributed by atoms with van der Waals surface area (Å²) in [5, 5.41) is 0. The van der Waals surface area contributed by atoms with Gasteiger partial charge in [-0.15, -0.1) is 12.3 Å². The minimum Gasteiger partial charge on any atom is -0.265 e. The molecule has 0 fully saturated rings. The van der Waals surface area contributed by atoms with Gasteiger partial charge in [0.1, 0.15) is 0 Å². The Morgan fingerprint density at radius 3 is 1.79 bits per heavy atom. The molecule has 0 spiro atoms. The van der Waals surface area contributed by atoms with Crippen LogP contribution < -0.4 is 0 Å². The van der Waals surface area contributed by atoms with Crippen LogP contribution in [0.4, 0.5) is 0 Å². The maximum atomic E-state index is 4.60. The van der Waals surface area contributed by atoms with Crippen molar-refractivity contribution in [2.75, 3.05) is 0 Å². The molecule has 0 aromatic rings. The number of nitrogens with zero attached hydrogens (tertiary/aromatic N) is 1. The molecule has 0 radical (unpaired) electrons. The first-order chi connectivity index (χ1) is 6.83. The Labute approximate surface area is 90.7 Å². The first-order valence-electron chi connectivity index (χ1n) is 4.96. The molecule has 0 N–H and O–H groups in total. The van der Waals surface area contributed by atoms with Crippen molar-refractivity contribution in [3.63, 3.8) is 0 Å². The van der Waals surface area contributed by atoms with Crippen LogP contribution in [0.1, 0.15) is 41.5 Å². The van der Waals surface area contributed by atoms with Crippen LogP contribution in [-0.2, 0) is 0 Å². The molecular formula is C13H25N. The van der Waals surface area contributed by atoms with Crippen LogP contribution in [-0.4, -0.2) is 6.21 Å². The van der Waals surface area contributed by atoms with Gasteiger partial charge in [-0.3, -0.25) is 4.99 Å². The van der Waals surface area contributed by atoms with E-state index < -0.39 is 0 Å². The van der Waals surface area contributed by atoms with E-state index in [0.717, 1.165) is 0 Å². The van der Waals surface area contributed by atoms with Gasteiger partial charge in [0, 0.05) is 12.4 Å². The van der Waals surface area contributed by atoms with Crippen molar-refractivity contribution in [3.8, 4) is 12.3 Å². The lowest BCUT2D eigenvalue weighted by molar-refractivity contribution is 1.50. The van der Waals surface area contributed by atoms with E-state index in [2.05, 4.69) is 23.9 Å². The lowest BCUT2D eigenvalue weighted by Crippen LogP contribution is -1.55. The van der Waals surface area contributed by atoms with Crippen LogP contribution in [0.3, 0.4) is 0 Å². The number of rotatable bonds is 2. The average molecular weight is 195 g/mol. The summed E-state index contributed by atoms with van der Waals surface area (Å²) in [5.74, 6) is 2.25. The molecular weight excluding hydrogens is 170 g/mol. The van der Waals surface area contributed by atoms with Crippen LogP contribution in [0.25, 0.3) is 0 Å². The average Bonchev–Trinajstić information content (AvgIpc) is 2.26. The third kappa shape index (κ3) is 137. The molecule has 0 atom stereocenters. The number of hydrogen-bond acceptors (Lipinski definition) is 1. The molecule has 0 aliphatic carbocycles. The molecule has 0 saturated carbocycles. The summed E-state index contributed by atoms with van der Waals surface area (Å²) in [6.45, 7) is 15.0. The number of aliphatic imine (C=N–C) groups is 1. The van der Waals surface area contributed by atoms with E-state index in [-0.39, 0.29) is 0 Å². The number of hydrogen-bond donors (Lipinski definition) is 0. The third-order valence-corrected chi connectivity index (χ3v) is 0.470. The summed E-state index contributed by atoms with van der Waals surface area (Å²) in [6, 6.07) is 0. The fourth-order valence-corrected chi connectivity index (χ4v) is 0.197. The molecule has 0 saturated heterocycles. The fraction of sp³-hybridized carbons (Fsp3) is 0.462. The van der Waals surface area contributed by atoms with E-state index in [1.807, 2.05) is 46.8 Å². The summed E-state index contributed by atoms with van der Waals surface area (Å²) >= 11 is 0. The largest absolute Gasteiger partial charge is 0.265 e. The molecule has 0 aromatic carbocycles. The van der Waals surface area contributed by atoms with Gasteiger partial charge in [0.25, 0.3) is 0 Å². The Kier molecular flexibility index (Phi) is 99.4. The van der Waals surface area contributed by atoms with Crippen molar-refractivity contribution in [3.05, 3.63) is 24.9 Å². The zero-order valence-corrected chi connectivity index (χ0v) is 10.5. The summed E-state index contributed by atoms with van der Waals surface area (Å²) < 4.78 is 0. The number of terminal acetylenes is 1. The molecule has 0 bridgehead atoms. The molecule has 0 heterocycles. The first-order valence-corrected chi connectivity index (χ1v) is 4.96. The maximum absolute atomic E-state index is 4.60. The van der Waals surface area contributed by atoms with Gasteiger partial charge < -0.3 is 0 Å². The third-order valence-electron chi connectivity index (χ3n) is 0.470. The summed E-state index contributed by atoms with van der Waals surface area (Å²) in [7, 11) is 0. The molecule has 0 aliphatic rings. The Balaban J connectivity index is -0.0000000603. The van der Waals surface area contributed by atoms with Gasteiger partial charge in [0.05, 0.1) is 0 Å². The van der Waals surface area contributed by atoms with Gasteiger partial charge in [-0.2, -0.15) is 0 Å². The van der Waals surface area contributed by atoms with Crippen LogP contribution in [0, 0.1) is 12.3 Å². The molecule has 82 valence electrons. The Bertz CT molecular complexity index is 147. The minimum absolute atomic E-state index is 1.50. The van der Waals surface area contributed by atoms with Crippen molar-refractivity contribution in [1.82, 2.24) is 0 Å². The van der Waals surface area contributed by atoms with Crippen LogP contribution in [0.15, 0.2) is 29.9 Å². The van der Waals surface area contributed by atoms with E-state index in [1.54, 1.807) is 13.1 Å². The van der Waals surface area contributed by atoms with Crippen LogP contribution in [0.5, 0.6) is 0 Å². The van der Waals surface area contributed by atoms with Crippen molar-refractivity contribution < 1.29 is 0 Å². The summed E-state index contributed by atoms with van der Waals surface area (Å²) in [5.41, 5.74) is 0. The second-order valence-corrected chi connectivity index (χ2v) is 1.30. The fourth-order valence-electron chi connectivity index (χ4n) is 0.197. The molecule has 1 heteroatoms. The normalized spacial score (nSPS) is 6.93. The monoisotopic (exact) mass is 195 g/mol. The molecule has 0 amide bonds. The van der Waals surface area contributed by atoms with Crippen molar-refractivity contribution in [2.24, 2.45) is 4.99 Å².